The maximum atomic E-state index is 4.94. The van der Waals surface area contributed by atoms with Gasteiger partial charge in [-0.25, -0.2) is 0 Å². The molecule has 2 heteroatoms. The van der Waals surface area contributed by atoms with E-state index in [-0.39, 0.29) is 47.2 Å². The van der Waals surface area contributed by atoms with E-state index in [1.54, 1.807) is 0 Å². The molecular weight excluding hydrogens is 543 g/mol. The topological polar surface area (TPSA) is 12.9 Å². The largest absolute Gasteiger partial charge is 0.304 e. The molecule has 165 valence electrons. The van der Waals surface area contributed by atoms with Crippen LogP contribution in [0, 0.1) is 11.5 Å². The molecule has 0 aliphatic heterocycles. The Morgan fingerprint density at radius 1 is 0.700 bits per heavy atom. The summed E-state index contributed by atoms with van der Waals surface area (Å²) in [6.45, 7) is 23.9. The van der Waals surface area contributed by atoms with Crippen molar-refractivity contribution >= 4 is 0 Å². The molecule has 1 radical (unpaired) electrons. The van der Waals surface area contributed by atoms with E-state index in [1.165, 1.54) is 35.1 Å². The van der Waals surface area contributed by atoms with E-state index in [2.05, 4.69) is 99.7 Å². The Balaban J connectivity index is 0.00000256. The predicted octanol–water partition coefficient (Wildman–Crippen LogP) is 7.49. The molecule has 0 atom stereocenters. The molecule has 1 heterocycles. The molecule has 2 aromatic rings. The van der Waals surface area contributed by atoms with Crippen LogP contribution in [0.2, 0.25) is 0 Å². The molecule has 0 spiro atoms. The standard InChI is InChI=1S/C28H38N.Ir/c1-24(2)13-14-25(3,4)22-17-29-23(16-20(22)24)18-11-12-19-21(15-18)27(7,8)28(9,10)26(19,5)6;/h12,15-17H,13-14H2,1-10H3;/q-1;. The summed E-state index contributed by atoms with van der Waals surface area (Å²) in [4.78, 5) is 4.94. The smallest absolute Gasteiger partial charge is 0.0201 e. The molecule has 2 aliphatic rings. The molecule has 30 heavy (non-hydrogen) atoms. The van der Waals surface area contributed by atoms with Crippen LogP contribution in [0.15, 0.2) is 24.4 Å². The number of pyridine rings is 1. The quantitative estimate of drug-likeness (QED) is 0.319. The van der Waals surface area contributed by atoms with Crippen molar-refractivity contribution in [2.24, 2.45) is 5.41 Å². The Hall–Kier alpha value is -0.981. The molecule has 0 amide bonds. The van der Waals surface area contributed by atoms with E-state index < -0.39 is 0 Å². The molecule has 4 rings (SSSR count). The molecule has 1 nitrogen and oxygen atoms in total. The number of hydrogen-bond acceptors (Lipinski definition) is 1. The van der Waals surface area contributed by atoms with E-state index in [9.17, 15) is 0 Å². The SMILES string of the molecule is CC1(C)CCC(C)(C)c2cc(-c3[c-]cc4c(c3)C(C)(C)C(C)(C)C4(C)C)ncc21.[Ir]. The number of benzene rings is 1. The number of hydrogen-bond donors (Lipinski definition) is 0. The van der Waals surface area contributed by atoms with Crippen molar-refractivity contribution in [1.29, 1.82) is 0 Å². The number of rotatable bonds is 1. The average molecular weight is 581 g/mol. The van der Waals surface area contributed by atoms with E-state index in [4.69, 9.17) is 4.98 Å². The molecular formula is C28H38IrN-. The van der Waals surface area contributed by atoms with Gasteiger partial charge in [0.2, 0.25) is 0 Å². The van der Waals surface area contributed by atoms with Crippen LogP contribution in [-0.2, 0) is 41.8 Å². The monoisotopic (exact) mass is 581 g/mol. The summed E-state index contributed by atoms with van der Waals surface area (Å²) in [6.07, 6.45) is 4.59. The minimum atomic E-state index is 0. The molecule has 0 saturated carbocycles. The first-order valence-electron chi connectivity index (χ1n) is 11.2. The van der Waals surface area contributed by atoms with Crippen LogP contribution < -0.4 is 0 Å². The van der Waals surface area contributed by atoms with Crippen molar-refractivity contribution in [3.8, 4) is 11.3 Å². The van der Waals surface area contributed by atoms with Gasteiger partial charge in [0.1, 0.15) is 0 Å². The van der Waals surface area contributed by atoms with Crippen molar-refractivity contribution in [3.05, 3.63) is 52.7 Å². The van der Waals surface area contributed by atoms with E-state index in [0.29, 0.717) is 0 Å². The van der Waals surface area contributed by atoms with Crippen LogP contribution in [0.25, 0.3) is 11.3 Å². The first-order chi connectivity index (χ1) is 13.1. The normalized spacial score (nSPS) is 23.8. The van der Waals surface area contributed by atoms with Crippen molar-refractivity contribution in [2.75, 3.05) is 0 Å². The third-order valence-electron chi connectivity index (χ3n) is 9.44. The third-order valence-corrected chi connectivity index (χ3v) is 9.44. The van der Waals surface area contributed by atoms with Crippen molar-refractivity contribution in [1.82, 2.24) is 4.98 Å². The maximum absolute atomic E-state index is 4.94. The van der Waals surface area contributed by atoms with Gasteiger partial charge >= 0.3 is 0 Å². The predicted molar refractivity (Wildman–Crippen MR) is 124 cm³/mol. The number of aromatic nitrogens is 1. The van der Waals surface area contributed by atoms with Crippen LogP contribution in [0.4, 0.5) is 0 Å². The van der Waals surface area contributed by atoms with E-state index >= 15 is 0 Å². The third kappa shape index (κ3) is 3.01. The summed E-state index contributed by atoms with van der Waals surface area (Å²) in [5.74, 6) is 0. The number of fused-ring (bicyclic) bond motifs is 2. The van der Waals surface area contributed by atoms with Crippen LogP contribution in [-0.4, -0.2) is 4.98 Å². The van der Waals surface area contributed by atoms with E-state index in [0.717, 1.165) is 11.3 Å². The first kappa shape index (κ1) is 23.7. The Labute approximate surface area is 197 Å². The summed E-state index contributed by atoms with van der Waals surface area (Å²) in [5.41, 5.74) is 8.77. The molecule has 0 saturated heterocycles. The zero-order valence-electron chi connectivity index (χ0n) is 20.5. The Bertz CT molecular complexity index is 992. The molecule has 0 fully saturated rings. The fourth-order valence-electron chi connectivity index (χ4n) is 5.72. The van der Waals surface area contributed by atoms with Crippen LogP contribution in [0.3, 0.4) is 0 Å². The number of nitrogens with zero attached hydrogens (tertiary/aromatic N) is 1. The van der Waals surface area contributed by atoms with Gasteiger partial charge < -0.3 is 4.98 Å². The minimum absolute atomic E-state index is 0. The zero-order chi connectivity index (χ0) is 21.6. The Morgan fingerprint density at radius 3 is 1.83 bits per heavy atom. The van der Waals surface area contributed by atoms with Crippen molar-refractivity contribution in [2.45, 2.75) is 104 Å². The summed E-state index contributed by atoms with van der Waals surface area (Å²) < 4.78 is 0. The summed E-state index contributed by atoms with van der Waals surface area (Å²) in [6, 6.07) is 10.6. The van der Waals surface area contributed by atoms with Crippen LogP contribution in [0.1, 0.15) is 104 Å². The summed E-state index contributed by atoms with van der Waals surface area (Å²) >= 11 is 0. The van der Waals surface area contributed by atoms with Gasteiger partial charge in [-0.3, -0.25) is 0 Å². The van der Waals surface area contributed by atoms with Crippen molar-refractivity contribution < 1.29 is 20.1 Å². The fourth-order valence-corrected chi connectivity index (χ4v) is 5.72. The van der Waals surface area contributed by atoms with Crippen molar-refractivity contribution in [3.63, 3.8) is 0 Å². The minimum Gasteiger partial charge on any atom is -0.304 e. The second kappa shape index (κ2) is 6.76. The average Bonchev–Trinajstić information content (AvgIpc) is 2.74. The van der Waals surface area contributed by atoms with Gasteiger partial charge in [-0.2, -0.15) is 0 Å². The Kier molecular flexibility index (Phi) is 5.33. The second-order valence-corrected chi connectivity index (χ2v) is 12.4. The molecule has 1 aromatic carbocycles. The van der Waals surface area contributed by atoms with Gasteiger partial charge in [-0.15, -0.1) is 34.9 Å². The molecule has 0 bridgehead atoms. The van der Waals surface area contributed by atoms with Crippen LogP contribution >= 0.6 is 0 Å². The van der Waals surface area contributed by atoms with Crippen LogP contribution in [0.5, 0.6) is 0 Å². The van der Waals surface area contributed by atoms with E-state index in [1.807, 2.05) is 0 Å². The molecule has 2 aliphatic carbocycles. The molecule has 1 aromatic heterocycles. The second-order valence-electron chi connectivity index (χ2n) is 12.4. The van der Waals surface area contributed by atoms with Gasteiger partial charge in [0.15, 0.2) is 0 Å². The maximum Gasteiger partial charge on any atom is 0.0201 e. The van der Waals surface area contributed by atoms with Gasteiger partial charge in [-0.05, 0) is 56.7 Å². The van der Waals surface area contributed by atoms with Gasteiger partial charge in [-0.1, -0.05) is 75.3 Å². The van der Waals surface area contributed by atoms with Gasteiger partial charge in [0.05, 0.1) is 0 Å². The summed E-state index contributed by atoms with van der Waals surface area (Å²) in [5, 5.41) is 0. The van der Waals surface area contributed by atoms with Gasteiger partial charge in [0, 0.05) is 26.3 Å². The molecule has 0 N–H and O–H groups in total. The molecule has 0 unspecified atom stereocenters. The Morgan fingerprint density at radius 2 is 1.23 bits per heavy atom. The van der Waals surface area contributed by atoms with Gasteiger partial charge in [0.25, 0.3) is 0 Å². The summed E-state index contributed by atoms with van der Waals surface area (Å²) in [7, 11) is 0. The first-order valence-corrected chi connectivity index (χ1v) is 11.2. The fraction of sp³-hybridized carbons (Fsp3) is 0.607. The zero-order valence-corrected chi connectivity index (χ0v) is 22.9.